The fraction of sp³-hybridized carbons (Fsp3) is 0.462. The third kappa shape index (κ3) is 2.84. The predicted molar refractivity (Wildman–Crippen MR) is 70.8 cm³/mol. The number of aromatic amines is 1. The number of imidazole rings is 1. The van der Waals surface area contributed by atoms with E-state index in [0.717, 1.165) is 23.9 Å². The van der Waals surface area contributed by atoms with Crippen molar-refractivity contribution < 1.29 is 0 Å². The predicted octanol–water partition coefficient (Wildman–Crippen LogP) is 1.95. The van der Waals surface area contributed by atoms with Gasteiger partial charge in [-0.05, 0) is 44.5 Å². The Morgan fingerprint density at radius 3 is 2.94 bits per heavy atom. The van der Waals surface area contributed by atoms with Gasteiger partial charge in [-0.1, -0.05) is 6.07 Å². The van der Waals surface area contributed by atoms with Crippen LogP contribution in [-0.4, -0.2) is 23.1 Å². The Hall–Kier alpha value is -1.39. The summed E-state index contributed by atoms with van der Waals surface area (Å²) in [5, 5.41) is 3.34. The van der Waals surface area contributed by atoms with Crippen LogP contribution < -0.4 is 11.1 Å². The van der Waals surface area contributed by atoms with Crippen LogP contribution in [0.5, 0.6) is 0 Å². The molecule has 17 heavy (non-hydrogen) atoms. The van der Waals surface area contributed by atoms with E-state index >= 15 is 0 Å². The molecule has 2 rings (SSSR count). The average Bonchev–Trinajstić information content (AvgIpc) is 2.76. The van der Waals surface area contributed by atoms with Crippen molar-refractivity contribution in [3.05, 3.63) is 30.1 Å². The average molecular weight is 232 g/mol. The fourth-order valence-electron chi connectivity index (χ4n) is 2.08. The third-order valence-electron chi connectivity index (χ3n) is 3.11. The van der Waals surface area contributed by atoms with Gasteiger partial charge >= 0.3 is 0 Å². The molecule has 0 amide bonds. The van der Waals surface area contributed by atoms with E-state index in [2.05, 4.69) is 33.5 Å². The summed E-state index contributed by atoms with van der Waals surface area (Å²) in [6, 6.07) is 6.95. The van der Waals surface area contributed by atoms with Gasteiger partial charge in [0.15, 0.2) is 0 Å². The largest absolute Gasteiger partial charge is 0.345 e. The quantitative estimate of drug-likeness (QED) is 0.738. The minimum Gasteiger partial charge on any atom is -0.345 e. The Bertz CT molecular complexity index is 475. The number of hydrogen-bond donors (Lipinski definition) is 3. The van der Waals surface area contributed by atoms with Crippen LogP contribution >= 0.6 is 0 Å². The third-order valence-corrected chi connectivity index (χ3v) is 3.11. The van der Waals surface area contributed by atoms with Crippen molar-refractivity contribution in [1.29, 1.82) is 0 Å². The second kappa shape index (κ2) is 5.29. The summed E-state index contributed by atoms with van der Waals surface area (Å²) in [7, 11) is 1.99. The SMILES string of the molecule is CNC(CCC(C)N)c1ccc2nc[nH]c2c1. The molecule has 4 N–H and O–H groups in total. The summed E-state index contributed by atoms with van der Waals surface area (Å²) in [5.41, 5.74) is 9.18. The number of rotatable bonds is 5. The van der Waals surface area contributed by atoms with Gasteiger partial charge < -0.3 is 16.0 Å². The molecule has 0 fully saturated rings. The van der Waals surface area contributed by atoms with Crippen LogP contribution in [0.4, 0.5) is 0 Å². The van der Waals surface area contributed by atoms with Crippen molar-refractivity contribution in [2.75, 3.05) is 7.05 Å². The monoisotopic (exact) mass is 232 g/mol. The molecule has 1 aromatic heterocycles. The van der Waals surface area contributed by atoms with E-state index in [1.807, 2.05) is 14.0 Å². The van der Waals surface area contributed by atoms with Gasteiger partial charge in [0, 0.05) is 12.1 Å². The summed E-state index contributed by atoms with van der Waals surface area (Å²) in [5.74, 6) is 0. The highest BCUT2D eigenvalue weighted by Gasteiger charge is 2.11. The number of nitrogens with two attached hydrogens (primary N) is 1. The van der Waals surface area contributed by atoms with Crippen molar-refractivity contribution in [2.45, 2.75) is 31.8 Å². The first kappa shape index (κ1) is 12.1. The fourth-order valence-corrected chi connectivity index (χ4v) is 2.08. The Labute approximate surface area is 102 Å². The molecular formula is C13H20N4. The Morgan fingerprint density at radius 2 is 2.24 bits per heavy atom. The Kier molecular flexibility index (Phi) is 3.76. The molecule has 0 aliphatic carbocycles. The molecule has 1 aromatic carbocycles. The van der Waals surface area contributed by atoms with Gasteiger partial charge in [0.25, 0.3) is 0 Å². The van der Waals surface area contributed by atoms with Crippen LogP contribution in [0.3, 0.4) is 0 Å². The van der Waals surface area contributed by atoms with E-state index in [1.165, 1.54) is 5.56 Å². The molecule has 4 heteroatoms. The highest BCUT2D eigenvalue weighted by molar-refractivity contribution is 5.75. The molecule has 0 radical (unpaired) electrons. The van der Waals surface area contributed by atoms with E-state index in [0.29, 0.717) is 6.04 Å². The normalized spacial score (nSPS) is 15.0. The van der Waals surface area contributed by atoms with Gasteiger partial charge in [-0.15, -0.1) is 0 Å². The summed E-state index contributed by atoms with van der Waals surface area (Å²) < 4.78 is 0. The summed E-state index contributed by atoms with van der Waals surface area (Å²) in [6.07, 6.45) is 3.80. The van der Waals surface area contributed by atoms with Crippen LogP contribution in [0.15, 0.2) is 24.5 Å². The molecule has 2 atom stereocenters. The number of hydrogen-bond acceptors (Lipinski definition) is 3. The number of benzene rings is 1. The van der Waals surface area contributed by atoms with E-state index in [-0.39, 0.29) is 6.04 Å². The lowest BCUT2D eigenvalue weighted by Gasteiger charge is -2.17. The first-order valence-electron chi connectivity index (χ1n) is 6.06. The van der Waals surface area contributed by atoms with Crippen LogP contribution in [0.1, 0.15) is 31.4 Å². The zero-order valence-electron chi connectivity index (χ0n) is 10.4. The van der Waals surface area contributed by atoms with Crippen LogP contribution in [0, 0.1) is 0 Å². The molecule has 92 valence electrons. The van der Waals surface area contributed by atoms with Crippen molar-refractivity contribution >= 4 is 11.0 Å². The second-order valence-electron chi connectivity index (χ2n) is 4.58. The number of aromatic nitrogens is 2. The van der Waals surface area contributed by atoms with Gasteiger partial charge in [-0.2, -0.15) is 0 Å². The lowest BCUT2D eigenvalue weighted by Crippen LogP contribution is -2.21. The van der Waals surface area contributed by atoms with Gasteiger partial charge in [0.2, 0.25) is 0 Å². The van der Waals surface area contributed by atoms with Gasteiger partial charge in [-0.3, -0.25) is 0 Å². The highest BCUT2D eigenvalue weighted by Crippen LogP contribution is 2.21. The van der Waals surface area contributed by atoms with E-state index in [9.17, 15) is 0 Å². The maximum Gasteiger partial charge on any atom is 0.0931 e. The van der Waals surface area contributed by atoms with Crippen LogP contribution in [0.2, 0.25) is 0 Å². The minimum atomic E-state index is 0.252. The summed E-state index contributed by atoms with van der Waals surface area (Å²) in [6.45, 7) is 2.05. The molecule has 2 unspecified atom stereocenters. The van der Waals surface area contributed by atoms with Crippen LogP contribution in [0.25, 0.3) is 11.0 Å². The van der Waals surface area contributed by atoms with Gasteiger partial charge in [0.05, 0.1) is 17.4 Å². The molecule has 0 aliphatic heterocycles. The number of H-pyrrole nitrogens is 1. The number of nitrogens with one attached hydrogen (secondary N) is 2. The zero-order valence-corrected chi connectivity index (χ0v) is 10.4. The van der Waals surface area contributed by atoms with Crippen molar-refractivity contribution in [1.82, 2.24) is 15.3 Å². The maximum absolute atomic E-state index is 5.80. The molecule has 1 heterocycles. The van der Waals surface area contributed by atoms with Crippen molar-refractivity contribution in [3.63, 3.8) is 0 Å². The lowest BCUT2D eigenvalue weighted by molar-refractivity contribution is 0.497. The first-order valence-corrected chi connectivity index (χ1v) is 6.06. The molecule has 2 aromatic rings. The van der Waals surface area contributed by atoms with Gasteiger partial charge in [0.1, 0.15) is 0 Å². The standard InChI is InChI=1S/C13H20N4/c1-9(14)3-5-11(15-2)10-4-6-12-13(7-10)17-8-16-12/h4,6-9,11,15H,3,5,14H2,1-2H3,(H,16,17). The number of nitrogens with zero attached hydrogens (tertiary/aromatic N) is 1. The molecule has 4 nitrogen and oxygen atoms in total. The second-order valence-corrected chi connectivity index (χ2v) is 4.58. The molecule has 0 aliphatic rings. The molecule has 0 bridgehead atoms. The first-order chi connectivity index (χ1) is 8.20. The molecular weight excluding hydrogens is 212 g/mol. The maximum atomic E-state index is 5.80. The van der Waals surface area contributed by atoms with E-state index in [4.69, 9.17) is 5.73 Å². The van der Waals surface area contributed by atoms with E-state index in [1.54, 1.807) is 6.33 Å². The van der Waals surface area contributed by atoms with Crippen LogP contribution in [-0.2, 0) is 0 Å². The van der Waals surface area contributed by atoms with Crippen molar-refractivity contribution in [3.8, 4) is 0 Å². The number of fused-ring (bicyclic) bond motifs is 1. The Morgan fingerprint density at radius 1 is 1.41 bits per heavy atom. The summed E-state index contributed by atoms with van der Waals surface area (Å²) in [4.78, 5) is 7.36. The Balaban J connectivity index is 2.17. The van der Waals surface area contributed by atoms with Gasteiger partial charge in [-0.25, -0.2) is 4.98 Å². The van der Waals surface area contributed by atoms with Crippen molar-refractivity contribution in [2.24, 2.45) is 5.73 Å². The zero-order chi connectivity index (χ0) is 12.3. The van der Waals surface area contributed by atoms with E-state index < -0.39 is 0 Å². The highest BCUT2D eigenvalue weighted by atomic mass is 14.9. The molecule has 0 spiro atoms. The lowest BCUT2D eigenvalue weighted by atomic mass is 10.00. The topological polar surface area (TPSA) is 66.7 Å². The summed E-state index contributed by atoms with van der Waals surface area (Å²) >= 11 is 0. The molecule has 0 saturated carbocycles. The minimum absolute atomic E-state index is 0.252. The smallest absolute Gasteiger partial charge is 0.0931 e. The molecule has 0 saturated heterocycles.